The van der Waals surface area contributed by atoms with Crippen molar-refractivity contribution in [3.8, 4) is 12.5 Å². The molecule has 0 heterocycles. The van der Waals surface area contributed by atoms with Gasteiger partial charge in [-0.1, -0.05) is 37.6 Å². The number of benzene rings is 1. The normalized spacial score (nSPS) is 13.0. The number of ether oxygens (including phenoxy) is 1. The molecule has 0 spiro atoms. The molecule has 31 heavy (non-hydrogen) atoms. The first-order valence-corrected chi connectivity index (χ1v) is 10.9. The summed E-state index contributed by atoms with van der Waals surface area (Å²) in [6, 6.07) is 7.36. The highest BCUT2D eigenvalue weighted by atomic mass is 32.1. The molecular weight excluding hydrogens is 414 g/mol. The van der Waals surface area contributed by atoms with Crippen LogP contribution in [-0.4, -0.2) is 46.2 Å². The van der Waals surface area contributed by atoms with Crippen LogP contribution >= 0.6 is 12.6 Å². The smallest absolute Gasteiger partial charge is 0.408 e. The minimum absolute atomic E-state index is 0.0243. The van der Waals surface area contributed by atoms with Crippen molar-refractivity contribution in [2.75, 3.05) is 5.75 Å². The molecule has 1 aromatic rings. The number of hydrogen-bond acceptors (Lipinski definition) is 5. The van der Waals surface area contributed by atoms with Crippen molar-refractivity contribution in [2.45, 2.75) is 71.7 Å². The van der Waals surface area contributed by atoms with Crippen LogP contribution in [-0.2, 0) is 20.7 Å². The van der Waals surface area contributed by atoms with Gasteiger partial charge in [0, 0.05) is 17.8 Å². The van der Waals surface area contributed by atoms with Crippen LogP contribution in [0.3, 0.4) is 0 Å². The molecule has 8 heteroatoms. The van der Waals surface area contributed by atoms with Crippen LogP contribution in [0.1, 0.15) is 58.7 Å². The Balaban J connectivity index is 3.25. The van der Waals surface area contributed by atoms with Gasteiger partial charge in [-0.15, -0.1) is 0 Å². The molecule has 1 aromatic carbocycles. The number of thiol groups is 1. The highest BCUT2D eigenvalue weighted by Gasteiger charge is 2.35. The van der Waals surface area contributed by atoms with Gasteiger partial charge < -0.3 is 15.4 Å². The Hall–Kier alpha value is -2.66. The number of nitrogens with zero attached hydrogens (tertiary/aromatic N) is 1. The second-order valence-corrected chi connectivity index (χ2v) is 8.74. The molecule has 0 aliphatic carbocycles. The van der Waals surface area contributed by atoms with Crippen LogP contribution in [0.25, 0.3) is 0 Å². The highest BCUT2D eigenvalue weighted by molar-refractivity contribution is 7.80. The van der Waals surface area contributed by atoms with E-state index in [0.29, 0.717) is 5.56 Å². The number of terminal acetylenes is 1. The molecule has 2 unspecified atom stereocenters. The van der Waals surface area contributed by atoms with E-state index in [4.69, 9.17) is 11.2 Å². The zero-order valence-corrected chi connectivity index (χ0v) is 20.0. The maximum absolute atomic E-state index is 13.2. The van der Waals surface area contributed by atoms with Gasteiger partial charge in [0.05, 0.1) is 0 Å². The number of carbonyl (C=O) groups is 3. The van der Waals surface area contributed by atoms with E-state index >= 15 is 0 Å². The molecule has 0 fully saturated rings. The van der Waals surface area contributed by atoms with Crippen LogP contribution in [0.15, 0.2) is 24.3 Å². The molecule has 0 saturated carbocycles. The predicted molar refractivity (Wildman–Crippen MR) is 125 cm³/mol. The van der Waals surface area contributed by atoms with Crippen LogP contribution in [0, 0.1) is 12.5 Å². The topological polar surface area (TPSA) is 87.7 Å². The first-order valence-electron chi connectivity index (χ1n) is 10.2. The van der Waals surface area contributed by atoms with Gasteiger partial charge >= 0.3 is 6.09 Å². The Morgan fingerprint density at radius 2 is 1.74 bits per heavy atom. The summed E-state index contributed by atoms with van der Waals surface area (Å²) in [5.41, 5.74) is 0.919. The highest BCUT2D eigenvalue weighted by Crippen LogP contribution is 2.23. The average molecular weight is 448 g/mol. The SMILES string of the molecule is C#CN(C(=O)C(CS)NC(=O)OC(C)(C)C)C(C(=O)NC(C)C)c1ccc(CC)cc1. The van der Waals surface area contributed by atoms with Crippen molar-refractivity contribution in [1.82, 2.24) is 15.5 Å². The minimum Gasteiger partial charge on any atom is -0.444 e. The summed E-state index contributed by atoms with van der Waals surface area (Å²) >= 11 is 4.18. The molecule has 0 aliphatic heterocycles. The number of hydrogen-bond donors (Lipinski definition) is 3. The maximum Gasteiger partial charge on any atom is 0.408 e. The number of alkyl carbamates (subject to hydrolysis) is 1. The molecule has 0 saturated heterocycles. The van der Waals surface area contributed by atoms with Crippen molar-refractivity contribution in [3.05, 3.63) is 35.4 Å². The lowest BCUT2D eigenvalue weighted by atomic mass is 10.0. The van der Waals surface area contributed by atoms with Crippen molar-refractivity contribution < 1.29 is 19.1 Å². The summed E-state index contributed by atoms with van der Waals surface area (Å²) < 4.78 is 5.22. The standard InChI is InChI=1S/C23H33N3O4S/c1-8-16-10-12-17(13-11-16)19(20(27)24-15(3)4)26(9-2)21(28)18(14-31)25-22(29)30-23(5,6)7/h2,10-13,15,18-19,31H,8,14H2,1,3-7H3,(H,24,27)(H,25,29). The third-order valence-electron chi connectivity index (χ3n) is 4.19. The van der Waals surface area contributed by atoms with Gasteiger partial charge in [-0.2, -0.15) is 12.6 Å². The fourth-order valence-electron chi connectivity index (χ4n) is 2.79. The molecular formula is C23H33N3O4S. The van der Waals surface area contributed by atoms with Gasteiger partial charge in [-0.25, -0.2) is 4.79 Å². The molecule has 2 atom stereocenters. The molecule has 2 N–H and O–H groups in total. The summed E-state index contributed by atoms with van der Waals surface area (Å²) in [7, 11) is 0. The van der Waals surface area contributed by atoms with Gasteiger partial charge in [-0.05, 0) is 52.2 Å². The number of amides is 3. The van der Waals surface area contributed by atoms with Crippen LogP contribution in [0.2, 0.25) is 0 Å². The Bertz CT molecular complexity index is 810. The largest absolute Gasteiger partial charge is 0.444 e. The van der Waals surface area contributed by atoms with Gasteiger partial charge in [0.15, 0.2) is 0 Å². The fourth-order valence-corrected chi connectivity index (χ4v) is 3.03. The molecule has 3 amide bonds. The summed E-state index contributed by atoms with van der Waals surface area (Å²) in [5.74, 6) is -1.07. The number of nitrogens with one attached hydrogen (secondary N) is 2. The summed E-state index contributed by atoms with van der Waals surface area (Å²) in [6.07, 6.45) is 5.73. The van der Waals surface area contributed by atoms with E-state index in [1.54, 1.807) is 32.9 Å². The first kappa shape index (κ1) is 26.4. The van der Waals surface area contributed by atoms with E-state index in [2.05, 4.69) is 29.3 Å². The predicted octanol–water partition coefficient (Wildman–Crippen LogP) is 3.06. The zero-order chi connectivity index (χ0) is 23.8. The molecule has 7 nitrogen and oxygen atoms in total. The van der Waals surface area contributed by atoms with Crippen LogP contribution in [0.5, 0.6) is 0 Å². The van der Waals surface area contributed by atoms with Crippen molar-refractivity contribution in [2.24, 2.45) is 0 Å². The second kappa shape index (κ2) is 11.7. The Morgan fingerprint density at radius 1 is 1.16 bits per heavy atom. The van der Waals surface area contributed by atoms with Gasteiger partial charge in [0.2, 0.25) is 5.91 Å². The van der Waals surface area contributed by atoms with Crippen molar-refractivity contribution >= 4 is 30.5 Å². The lowest BCUT2D eigenvalue weighted by molar-refractivity contribution is -0.138. The summed E-state index contributed by atoms with van der Waals surface area (Å²) in [5, 5.41) is 5.29. The Labute approximate surface area is 190 Å². The minimum atomic E-state index is -1.07. The number of carbonyl (C=O) groups excluding carboxylic acids is 3. The fraction of sp³-hybridized carbons (Fsp3) is 0.522. The molecule has 0 aliphatic rings. The van der Waals surface area contributed by atoms with Crippen molar-refractivity contribution in [3.63, 3.8) is 0 Å². The Kier molecular flexibility index (Phi) is 9.92. The summed E-state index contributed by atoms with van der Waals surface area (Å²) in [6.45, 7) is 10.8. The first-order chi connectivity index (χ1) is 14.4. The van der Waals surface area contributed by atoms with Crippen molar-refractivity contribution in [1.29, 1.82) is 0 Å². The second-order valence-electron chi connectivity index (χ2n) is 8.38. The van der Waals surface area contributed by atoms with Gasteiger partial charge in [-0.3, -0.25) is 14.5 Å². The quantitative estimate of drug-likeness (QED) is 0.325. The lowest BCUT2D eigenvalue weighted by Crippen LogP contribution is -2.52. The number of aryl methyl sites for hydroxylation is 1. The maximum atomic E-state index is 13.2. The van der Waals surface area contributed by atoms with E-state index in [-0.39, 0.29) is 11.8 Å². The van der Waals surface area contributed by atoms with E-state index in [0.717, 1.165) is 16.9 Å². The molecule has 170 valence electrons. The van der Waals surface area contributed by atoms with Gasteiger partial charge in [0.25, 0.3) is 5.91 Å². The zero-order valence-electron chi connectivity index (χ0n) is 19.1. The lowest BCUT2D eigenvalue weighted by Gasteiger charge is -2.30. The van der Waals surface area contributed by atoms with E-state index < -0.39 is 35.6 Å². The van der Waals surface area contributed by atoms with E-state index in [1.165, 1.54) is 0 Å². The van der Waals surface area contributed by atoms with E-state index in [9.17, 15) is 14.4 Å². The summed E-state index contributed by atoms with van der Waals surface area (Å²) in [4.78, 5) is 39.4. The Morgan fingerprint density at radius 3 is 2.16 bits per heavy atom. The van der Waals surface area contributed by atoms with Gasteiger partial charge in [0.1, 0.15) is 17.7 Å². The number of rotatable bonds is 8. The molecule has 1 rings (SSSR count). The third-order valence-corrected chi connectivity index (χ3v) is 4.55. The molecule has 0 radical (unpaired) electrons. The average Bonchev–Trinajstić information content (AvgIpc) is 2.67. The molecule has 0 bridgehead atoms. The van der Waals surface area contributed by atoms with E-state index in [1.807, 2.05) is 32.9 Å². The van der Waals surface area contributed by atoms with Crippen LogP contribution in [0.4, 0.5) is 4.79 Å². The third kappa shape index (κ3) is 8.18. The van der Waals surface area contributed by atoms with Crippen LogP contribution < -0.4 is 10.6 Å². The molecule has 0 aromatic heterocycles. The monoisotopic (exact) mass is 447 g/mol.